The zero-order valence-corrected chi connectivity index (χ0v) is 15.4. The van der Waals surface area contributed by atoms with E-state index in [0.717, 1.165) is 34.3 Å². The first-order valence-corrected chi connectivity index (χ1v) is 8.53. The highest BCUT2D eigenvalue weighted by Gasteiger charge is 2.09. The van der Waals surface area contributed by atoms with Gasteiger partial charge in [0.15, 0.2) is 0 Å². The lowest BCUT2D eigenvalue weighted by atomic mass is 10.2. The van der Waals surface area contributed by atoms with Gasteiger partial charge in [0.2, 0.25) is 5.95 Å². The summed E-state index contributed by atoms with van der Waals surface area (Å²) in [5, 5.41) is 4.01. The van der Waals surface area contributed by atoms with E-state index in [1.54, 1.807) is 0 Å². The molecular formula is C20H21ClN4. The summed E-state index contributed by atoms with van der Waals surface area (Å²) in [4.78, 5) is 11.3. The van der Waals surface area contributed by atoms with E-state index in [0.29, 0.717) is 5.95 Å². The topological polar surface area (TPSA) is 41.1 Å². The standard InChI is InChI=1S/C20H21ClN4/c1-14-11-17(21)9-10-18(14)23-20-22-15(2)12-19(24-20)25(3)13-16-7-5-4-6-8-16/h4-12H,13H2,1-3H3,(H,22,23,24). The molecule has 0 unspecified atom stereocenters. The average molecular weight is 353 g/mol. The molecule has 0 aliphatic carbocycles. The smallest absolute Gasteiger partial charge is 0.229 e. The molecule has 25 heavy (non-hydrogen) atoms. The number of hydrogen-bond donors (Lipinski definition) is 1. The van der Waals surface area contributed by atoms with E-state index in [9.17, 15) is 0 Å². The minimum Gasteiger partial charge on any atom is -0.355 e. The first-order chi connectivity index (χ1) is 12.0. The first-order valence-electron chi connectivity index (χ1n) is 8.15. The van der Waals surface area contributed by atoms with Gasteiger partial charge in [-0.25, -0.2) is 4.98 Å². The van der Waals surface area contributed by atoms with Crippen LogP contribution in [0.1, 0.15) is 16.8 Å². The van der Waals surface area contributed by atoms with E-state index in [4.69, 9.17) is 11.6 Å². The maximum absolute atomic E-state index is 6.02. The Morgan fingerprint density at radius 3 is 2.48 bits per heavy atom. The van der Waals surface area contributed by atoms with Crippen molar-refractivity contribution in [2.45, 2.75) is 20.4 Å². The molecule has 0 bridgehead atoms. The van der Waals surface area contributed by atoms with Crippen molar-refractivity contribution in [2.75, 3.05) is 17.3 Å². The van der Waals surface area contributed by atoms with Crippen LogP contribution in [0.25, 0.3) is 0 Å². The second-order valence-corrected chi connectivity index (χ2v) is 6.55. The Labute approximate surface area is 153 Å². The molecule has 0 fully saturated rings. The van der Waals surface area contributed by atoms with Crippen molar-refractivity contribution in [2.24, 2.45) is 0 Å². The van der Waals surface area contributed by atoms with Crippen molar-refractivity contribution in [3.05, 3.63) is 76.4 Å². The summed E-state index contributed by atoms with van der Waals surface area (Å²) < 4.78 is 0. The normalized spacial score (nSPS) is 10.6. The fraction of sp³-hybridized carbons (Fsp3) is 0.200. The summed E-state index contributed by atoms with van der Waals surface area (Å²) in [5.41, 5.74) is 4.16. The van der Waals surface area contributed by atoms with Gasteiger partial charge in [-0.1, -0.05) is 41.9 Å². The molecule has 2 aromatic carbocycles. The van der Waals surface area contributed by atoms with Gasteiger partial charge in [-0.15, -0.1) is 0 Å². The molecule has 128 valence electrons. The lowest BCUT2D eigenvalue weighted by Gasteiger charge is -2.19. The molecular weight excluding hydrogens is 332 g/mol. The van der Waals surface area contributed by atoms with Crippen molar-refractivity contribution in [3.63, 3.8) is 0 Å². The van der Waals surface area contributed by atoms with Crippen LogP contribution >= 0.6 is 11.6 Å². The van der Waals surface area contributed by atoms with Crippen LogP contribution in [0.2, 0.25) is 5.02 Å². The van der Waals surface area contributed by atoms with Crippen LogP contribution < -0.4 is 10.2 Å². The van der Waals surface area contributed by atoms with Crippen LogP contribution in [-0.4, -0.2) is 17.0 Å². The Balaban J connectivity index is 1.82. The van der Waals surface area contributed by atoms with Crippen LogP contribution in [0.15, 0.2) is 54.6 Å². The quantitative estimate of drug-likeness (QED) is 0.691. The number of aromatic nitrogens is 2. The molecule has 1 N–H and O–H groups in total. The molecule has 0 amide bonds. The number of rotatable bonds is 5. The third-order valence-electron chi connectivity index (χ3n) is 3.93. The molecule has 0 aliphatic rings. The van der Waals surface area contributed by atoms with Crippen molar-refractivity contribution >= 4 is 29.1 Å². The monoisotopic (exact) mass is 352 g/mol. The number of nitrogens with zero attached hydrogens (tertiary/aromatic N) is 3. The average Bonchev–Trinajstić information content (AvgIpc) is 2.58. The molecule has 3 aromatic rings. The predicted octanol–water partition coefficient (Wildman–Crippen LogP) is 5.13. The number of aryl methyl sites for hydroxylation is 2. The predicted molar refractivity (Wildman–Crippen MR) is 105 cm³/mol. The van der Waals surface area contributed by atoms with Gasteiger partial charge in [0, 0.05) is 36.1 Å². The first kappa shape index (κ1) is 17.2. The minimum absolute atomic E-state index is 0.584. The highest BCUT2D eigenvalue weighted by molar-refractivity contribution is 6.30. The van der Waals surface area contributed by atoms with Gasteiger partial charge in [-0.2, -0.15) is 4.98 Å². The van der Waals surface area contributed by atoms with Crippen molar-refractivity contribution in [1.29, 1.82) is 0 Å². The van der Waals surface area contributed by atoms with Crippen LogP contribution in [0, 0.1) is 13.8 Å². The van der Waals surface area contributed by atoms with Gasteiger partial charge in [-0.05, 0) is 43.2 Å². The van der Waals surface area contributed by atoms with Gasteiger partial charge >= 0.3 is 0 Å². The molecule has 1 aromatic heterocycles. The highest BCUT2D eigenvalue weighted by Crippen LogP contribution is 2.23. The minimum atomic E-state index is 0.584. The van der Waals surface area contributed by atoms with E-state index in [2.05, 4.69) is 32.3 Å². The largest absolute Gasteiger partial charge is 0.355 e. The SMILES string of the molecule is Cc1cc(N(C)Cc2ccccc2)nc(Nc2ccc(Cl)cc2C)n1. The van der Waals surface area contributed by atoms with Crippen LogP contribution in [0.3, 0.4) is 0 Å². The van der Waals surface area contributed by atoms with Crippen molar-refractivity contribution < 1.29 is 0 Å². The number of hydrogen-bond acceptors (Lipinski definition) is 4. The van der Waals surface area contributed by atoms with Crippen LogP contribution in [0.4, 0.5) is 17.5 Å². The molecule has 0 saturated carbocycles. The lowest BCUT2D eigenvalue weighted by molar-refractivity contribution is 0.888. The molecule has 5 heteroatoms. The van der Waals surface area contributed by atoms with Gasteiger partial charge in [0.25, 0.3) is 0 Å². The third-order valence-corrected chi connectivity index (χ3v) is 4.16. The van der Waals surface area contributed by atoms with Gasteiger partial charge < -0.3 is 10.2 Å². The van der Waals surface area contributed by atoms with E-state index < -0.39 is 0 Å². The molecule has 3 rings (SSSR count). The summed E-state index contributed by atoms with van der Waals surface area (Å²) in [6.07, 6.45) is 0. The molecule has 0 aliphatic heterocycles. The number of benzene rings is 2. The molecule has 1 heterocycles. The lowest BCUT2D eigenvalue weighted by Crippen LogP contribution is -2.18. The zero-order chi connectivity index (χ0) is 17.8. The van der Waals surface area contributed by atoms with E-state index in [-0.39, 0.29) is 0 Å². The summed E-state index contributed by atoms with van der Waals surface area (Å²) in [6.45, 7) is 4.77. The summed E-state index contributed by atoms with van der Waals surface area (Å²) in [5.74, 6) is 1.46. The summed E-state index contributed by atoms with van der Waals surface area (Å²) in [7, 11) is 2.03. The Bertz CT molecular complexity index is 865. The van der Waals surface area contributed by atoms with Crippen molar-refractivity contribution in [1.82, 2.24) is 9.97 Å². The maximum Gasteiger partial charge on any atom is 0.229 e. The van der Waals surface area contributed by atoms with E-state index in [1.165, 1.54) is 5.56 Å². The molecule has 4 nitrogen and oxygen atoms in total. The second-order valence-electron chi connectivity index (χ2n) is 6.12. The number of halogens is 1. The maximum atomic E-state index is 6.02. The van der Waals surface area contributed by atoms with Gasteiger partial charge in [0.05, 0.1) is 0 Å². The van der Waals surface area contributed by atoms with Crippen LogP contribution in [-0.2, 0) is 6.54 Å². The second kappa shape index (κ2) is 7.53. The fourth-order valence-corrected chi connectivity index (χ4v) is 2.86. The Kier molecular flexibility index (Phi) is 5.19. The molecule has 0 spiro atoms. The Morgan fingerprint density at radius 2 is 1.76 bits per heavy atom. The fourth-order valence-electron chi connectivity index (χ4n) is 2.63. The summed E-state index contributed by atoms with van der Waals surface area (Å²) >= 11 is 6.02. The number of anilines is 3. The Hall–Kier alpha value is -2.59. The van der Waals surface area contributed by atoms with E-state index >= 15 is 0 Å². The van der Waals surface area contributed by atoms with E-state index in [1.807, 2.05) is 63.4 Å². The van der Waals surface area contributed by atoms with Gasteiger partial charge in [0.1, 0.15) is 5.82 Å². The zero-order valence-electron chi connectivity index (χ0n) is 14.6. The van der Waals surface area contributed by atoms with Gasteiger partial charge in [-0.3, -0.25) is 0 Å². The molecule has 0 saturated heterocycles. The third kappa shape index (κ3) is 4.48. The van der Waals surface area contributed by atoms with Crippen molar-refractivity contribution in [3.8, 4) is 0 Å². The number of nitrogens with one attached hydrogen (secondary N) is 1. The Morgan fingerprint density at radius 1 is 1.00 bits per heavy atom. The van der Waals surface area contributed by atoms with Crippen LogP contribution in [0.5, 0.6) is 0 Å². The molecule has 0 radical (unpaired) electrons. The highest BCUT2D eigenvalue weighted by atomic mass is 35.5. The molecule has 0 atom stereocenters. The summed E-state index contributed by atoms with van der Waals surface area (Å²) in [6, 6.07) is 18.0.